The van der Waals surface area contributed by atoms with Gasteiger partial charge in [0.05, 0.1) is 0 Å². The minimum Gasteiger partial charge on any atom is -0.0654 e. The summed E-state index contributed by atoms with van der Waals surface area (Å²) in [6, 6.07) is 0. The van der Waals surface area contributed by atoms with Gasteiger partial charge in [0.2, 0.25) is 0 Å². The average Bonchev–Trinajstić information content (AvgIpc) is 1.50. The molecule has 0 aromatic rings. The predicted octanol–water partition coefficient (Wildman–Crippen LogP) is 2.28. The van der Waals surface area contributed by atoms with Crippen molar-refractivity contribution in [2.45, 2.75) is 13.8 Å². The largest absolute Gasteiger partial charge is 2.00 e. The van der Waals surface area contributed by atoms with Crippen molar-refractivity contribution < 1.29 is 5.71 Å². The quantitative estimate of drug-likeness (QED) is 0.594. The minimum atomic E-state index is 0. The van der Waals surface area contributed by atoms with Crippen molar-refractivity contribution in [3.05, 3.63) is 13.8 Å². The molecule has 5 heavy (non-hydrogen) atoms. The van der Waals surface area contributed by atoms with Crippen LogP contribution in [0, 0.1) is 13.8 Å². The van der Waals surface area contributed by atoms with Gasteiger partial charge in [0.15, 0.2) is 0 Å². The van der Waals surface area contributed by atoms with E-state index in [4.69, 9.17) is 0 Å². The molecule has 0 saturated heterocycles. The topological polar surface area (TPSA) is 0 Å². The molecule has 0 atom stereocenters. The zero-order valence-corrected chi connectivity index (χ0v) is 7.80. The van der Waals surface area contributed by atoms with Crippen LogP contribution in [0.3, 0.4) is 0 Å². The fourth-order valence-electron chi connectivity index (χ4n) is 0. The van der Waals surface area contributed by atoms with Crippen LogP contribution in [0.15, 0.2) is 0 Å². The summed E-state index contributed by atoms with van der Waals surface area (Å²) in [6.45, 7) is 10.0. The Bertz CT molecular complexity index is 12.5. The van der Waals surface area contributed by atoms with Crippen molar-refractivity contribution in [1.29, 1.82) is 0 Å². The number of rotatable bonds is 0. The summed E-state index contributed by atoms with van der Waals surface area (Å²) in [7, 11) is 0. The van der Waals surface area contributed by atoms with E-state index in [2.05, 4.69) is 13.8 Å². The molecule has 0 bridgehead atoms. The van der Waals surface area contributed by atoms with E-state index < -0.39 is 0 Å². The minimum absolute atomic E-state index is 0. The summed E-state index contributed by atoms with van der Waals surface area (Å²) in [5.41, 5.74) is 0. The standard InChI is InChI=1S/2C2H5.Pb.4H2/c2*1-2;;;;;/h2*1H2,2H3;;4*1H/q;;+2;;;;. The Morgan fingerprint density at radius 3 is 1.00 bits per heavy atom. The van der Waals surface area contributed by atoms with Gasteiger partial charge in [0, 0.05) is 5.71 Å². The first-order valence-corrected chi connectivity index (χ1v) is 1.41. The molecule has 0 unspecified atom stereocenters. The zero-order valence-electron chi connectivity index (χ0n) is 3.91. The van der Waals surface area contributed by atoms with Crippen LogP contribution in [0.25, 0.3) is 0 Å². The van der Waals surface area contributed by atoms with Gasteiger partial charge in [-0.2, -0.15) is 0 Å². The van der Waals surface area contributed by atoms with Crippen LogP contribution >= 0.6 is 0 Å². The summed E-state index contributed by atoms with van der Waals surface area (Å²) >= 11 is 0. The van der Waals surface area contributed by atoms with Crippen LogP contribution in [0.4, 0.5) is 0 Å². The van der Waals surface area contributed by atoms with Crippen molar-refractivity contribution in [1.82, 2.24) is 0 Å². The van der Waals surface area contributed by atoms with Crippen molar-refractivity contribution in [2.75, 3.05) is 0 Å². The van der Waals surface area contributed by atoms with Crippen LogP contribution in [0.5, 0.6) is 0 Å². The Kier molecular flexibility index (Phi) is 299. The van der Waals surface area contributed by atoms with Crippen LogP contribution in [0.1, 0.15) is 19.6 Å². The van der Waals surface area contributed by atoms with Crippen LogP contribution < -0.4 is 0 Å². The van der Waals surface area contributed by atoms with Gasteiger partial charge in [-0.15, -0.1) is 0 Å². The van der Waals surface area contributed by atoms with Gasteiger partial charge in [-0.3, -0.25) is 0 Å². The maximum atomic E-state index is 3.25. The van der Waals surface area contributed by atoms with Gasteiger partial charge in [-0.1, -0.05) is 27.7 Å². The molecule has 0 aliphatic heterocycles. The summed E-state index contributed by atoms with van der Waals surface area (Å²) in [6.07, 6.45) is 0. The molecule has 0 N–H and O–H groups in total. The van der Waals surface area contributed by atoms with Crippen molar-refractivity contribution >= 4 is 27.3 Å². The third-order valence-electron chi connectivity index (χ3n) is 0. The van der Waals surface area contributed by atoms with Crippen molar-refractivity contribution in [3.63, 3.8) is 0 Å². The Balaban J connectivity index is -0.00000000114. The third-order valence-corrected chi connectivity index (χ3v) is 0. The van der Waals surface area contributed by atoms with Gasteiger partial charge in [-0.05, 0) is 0 Å². The van der Waals surface area contributed by atoms with E-state index in [0.717, 1.165) is 0 Å². The van der Waals surface area contributed by atoms with Gasteiger partial charge < -0.3 is 0 Å². The summed E-state index contributed by atoms with van der Waals surface area (Å²) < 4.78 is 0. The molecule has 0 rings (SSSR count). The average molecular weight is 273 g/mol. The molecule has 0 aliphatic carbocycles. The molecule has 0 nitrogen and oxygen atoms in total. The van der Waals surface area contributed by atoms with Crippen LogP contribution in [0.2, 0.25) is 0 Å². The van der Waals surface area contributed by atoms with Gasteiger partial charge in [-0.25, -0.2) is 0 Å². The molecule has 1 heteroatoms. The Morgan fingerprint density at radius 2 is 1.00 bits per heavy atom. The van der Waals surface area contributed by atoms with Crippen LogP contribution in [-0.2, 0) is 0 Å². The van der Waals surface area contributed by atoms with E-state index in [0.29, 0.717) is 0 Å². The van der Waals surface area contributed by atoms with Crippen LogP contribution in [-0.4, -0.2) is 27.3 Å². The van der Waals surface area contributed by atoms with E-state index in [-0.39, 0.29) is 33.0 Å². The van der Waals surface area contributed by atoms with E-state index in [1.165, 1.54) is 0 Å². The normalized spacial score (nSPS) is 2.40. The summed E-state index contributed by atoms with van der Waals surface area (Å²) in [5.74, 6) is 0. The number of hydrogen-bond donors (Lipinski definition) is 0. The number of hydrogen-bond acceptors (Lipinski definition) is 0. The van der Waals surface area contributed by atoms with Crippen molar-refractivity contribution in [3.8, 4) is 0 Å². The SMILES string of the molecule is [CH2]C.[CH2]C.[HH].[HH].[HH].[HH].[Pb+2]. The van der Waals surface area contributed by atoms with Gasteiger partial charge >= 0.3 is 27.3 Å². The van der Waals surface area contributed by atoms with E-state index >= 15 is 0 Å². The van der Waals surface area contributed by atoms with Gasteiger partial charge in [0.25, 0.3) is 0 Å². The van der Waals surface area contributed by atoms with E-state index in [1.54, 1.807) is 13.8 Å². The third kappa shape index (κ3) is 49.4. The fraction of sp³-hybridized carbons (Fsp3) is 0.500. The maximum Gasteiger partial charge on any atom is 2.00 e. The van der Waals surface area contributed by atoms with E-state index in [1.807, 2.05) is 0 Å². The monoisotopic (exact) mass is 274 g/mol. The van der Waals surface area contributed by atoms with E-state index in [9.17, 15) is 0 Å². The zero-order chi connectivity index (χ0) is 4.00. The molecule has 0 heterocycles. The second-order valence-electron chi connectivity index (χ2n) is 0. The molecule has 36 valence electrons. The molecular weight excluding hydrogens is 255 g/mol. The molecule has 0 amide bonds. The molecule has 4 radical (unpaired) electrons. The molecule has 0 aliphatic rings. The molecule has 0 spiro atoms. The molecule has 0 aromatic heterocycles. The Labute approximate surface area is 61.1 Å². The first kappa shape index (κ1) is 16.8. The molecular formula is C4H18Pb+2. The fourth-order valence-corrected chi connectivity index (χ4v) is 0. The second kappa shape index (κ2) is 89.1. The van der Waals surface area contributed by atoms with Crippen molar-refractivity contribution in [2.24, 2.45) is 0 Å². The summed E-state index contributed by atoms with van der Waals surface area (Å²) in [4.78, 5) is 0. The first-order chi connectivity index (χ1) is 2.00. The summed E-state index contributed by atoms with van der Waals surface area (Å²) in [5, 5.41) is 0. The smallest absolute Gasteiger partial charge is 0.0654 e. The van der Waals surface area contributed by atoms with Gasteiger partial charge in [0.1, 0.15) is 0 Å². The predicted molar refractivity (Wildman–Crippen MR) is 36.3 cm³/mol. The second-order valence-corrected chi connectivity index (χ2v) is 0. The Hall–Kier alpha value is 0.922. The Morgan fingerprint density at radius 1 is 1.00 bits per heavy atom. The molecule has 0 fully saturated rings. The molecule has 0 aromatic carbocycles. The maximum absolute atomic E-state index is 3.25. The molecule has 0 saturated carbocycles. The first-order valence-electron chi connectivity index (χ1n) is 1.41.